The minimum Gasteiger partial charge on any atom is -0.394 e. The van der Waals surface area contributed by atoms with E-state index in [2.05, 4.69) is 31.3 Å². The minimum atomic E-state index is -1.98. The molecule has 3 aliphatic heterocycles. The second-order valence-electron chi connectivity index (χ2n) is 32.1. The van der Waals surface area contributed by atoms with Crippen LogP contribution in [-0.4, -0.2) is 193 Å². The van der Waals surface area contributed by atoms with Crippen LogP contribution in [-0.2, 0) is 33.2 Å². The van der Waals surface area contributed by atoms with E-state index in [9.17, 15) is 61.0 Å². The third kappa shape index (κ3) is 46.4. The van der Waals surface area contributed by atoms with Crippen LogP contribution >= 0.6 is 0 Å². The average Bonchev–Trinajstić information content (AvgIpc) is 0.781. The zero-order valence-electron chi connectivity index (χ0n) is 67.4. The minimum absolute atomic E-state index is 0.241. The smallest absolute Gasteiger partial charge is 0.220 e. The fourth-order valence-corrected chi connectivity index (χ4v) is 15.4. The molecule has 0 bridgehead atoms. The van der Waals surface area contributed by atoms with Crippen LogP contribution in [0.4, 0.5) is 0 Å². The van der Waals surface area contributed by atoms with E-state index in [0.29, 0.717) is 12.8 Å². The number of aliphatic hydroxyl groups excluding tert-OH is 11. The van der Waals surface area contributed by atoms with Gasteiger partial charge in [-0.2, -0.15) is 0 Å². The summed E-state index contributed by atoms with van der Waals surface area (Å²) in [5, 5.41) is 121. The highest BCUT2D eigenvalue weighted by atomic mass is 16.8. The van der Waals surface area contributed by atoms with Crippen molar-refractivity contribution in [1.82, 2.24) is 5.32 Å². The molecule has 19 nitrogen and oxygen atoms in total. The van der Waals surface area contributed by atoms with Crippen LogP contribution in [0, 0.1) is 0 Å². The first-order valence-corrected chi connectivity index (χ1v) is 44.6. The van der Waals surface area contributed by atoms with Gasteiger partial charge in [0.25, 0.3) is 0 Å². The molecule has 19 heteroatoms. The van der Waals surface area contributed by atoms with E-state index in [1.54, 1.807) is 6.08 Å². The normalized spacial score (nSPS) is 25.7. The van der Waals surface area contributed by atoms with Gasteiger partial charge in [0.15, 0.2) is 18.9 Å². The predicted molar refractivity (Wildman–Crippen MR) is 425 cm³/mol. The topological polar surface area (TPSA) is 307 Å². The second-order valence-corrected chi connectivity index (χ2v) is 32.1. The molecule has 3 saturated heterocycles. The van der Waals surface area contributed by atoms with Crippen LogP contribution < -0.4 is 5.32 Å². The van der Waals surface area contributed by atoms with Crippen molar-refractivity contribution in [2.75, 3.05) is 26.4 Å². The lowest BCUT2D eigenvalue weighted by atomic mass is 9.96. The van der Waals surface area contributed by atoms with E-state index < -0.39 is 124 Å². The third-order valence-electron chi connectivity index (χ3n) is 22.5. The molecule has 0 radical (unpaired) electrons. The molecule has 3 aliphatic rings. The summed E-state index contributed by atoms with van der Waals surface area (Å²) in [6, 6.07) is -0.989. The maximum absolute atomic E-state index is 13.5. The Bertz CT molecular complexity index is 2000. The standard InChI is InChI=1S/C87H165NO18/c1-3-5-7-9-11-13-15-17-19-21-23-25-27-29-31-33-34-35-37-38-40-42-44-46-48-50-52-54-56-58-60-62-64-71(92)70(88-75(93)65-63-61-59-57-55-53-51-49-47-45-43-41-39-36-32-30-28-26-24-22-20-18-16-14-12-10-8-6-4-2)69-101-85-81(99)78(96)83(73(67-90)103-85)106-87-82(100)79(97)84(74(68-91)104-87)105-86-80(98)77(95)76(94)72(66-89)102-86/h54,56,62,64,70-74,76-87,89-92,94-100H,3-53,55,57-61,63,65-69H2,1-2H3,(H,88,93)/b56-54+,64-62+. The number of hydrogen-bond acceptors (Lipinski definition) is 18. The van der Waals surface area contributed by atoms with Gasteiger partial charge in [-0.15, -0.1) is 0 Å². The van der Waals surface area contributed by atoms with Crippen molar-refractivity contribution in [3.8, 4) is 0 Å². The second kappa shape index (κ2) is 67.7. The quantitative estimate of drug-likeness (QED) is 0.0199. The van der Waals surface area contributed by atoms with Crippen LogP contribution in [0.25, 0.3) is 0 Å². The van der Waals surface area contributed by atoms with E-state index in [-0.39, 0.29) is 18.9 Å². The van der Waals surface area contributed by atoms with Gasteiger partial charge in [0.2, 0.25) is 5.91 Å². The first-order valence-electron chi connectivity index (χ1n) is 44.6. The first-order chi connectivity index (χ1) is 51.8. The zero-order valence-corrected chi connectivity index (χ0v) is 67.4. The predicted octanol–water partition coefficient (Wildman–Crippen LogP) is 16.5. The maximum Gasteiger partial charge on any atom is 0.220 e. The van der Waals surface area contributed by atoms with Crippen molar-refractivity contribution in [3.63, 3.8) is 0 Å². The zero-order chi connectivity index (χ0) is 76.7. The Balaban J connectivity index is 1.34. The monoisotopic (exact) mass is 1510 g/mol. The Morgan fingerprint density at radius 2 is 0.604 bits per heavy atom. The molecule has 1 amide bonds. The number of carbonyl (C=O) groups excluding carboxylic acids is 1. The number of nitrogens with one attached hydrogen (secondary N) is 1. The highest BCUT2D eigenvalue weighted by Crippen LogP contribution is 2.34. The number of rotatable bonds is 73. The summed E-state index contributed by atoms with van der Waals surface area (Å²) in [5.74, 6) is -0.276. The molecule has 17 unspecified atom stereocenters. The molecule has 3 rings (SSSR count). The molecule has 0 aromatic heterocycles. The Hall–Kier alpha value is -1.73. The summed E-state index contributed by atoms with van der Waals surface area (Å²) in [7, 11) is 0. The molecular formula is C87H165NO18. The van der Waals surface area contributed by atoms with Crippen LogP contribution in [0.15, 0.2) is 24.3 Å². The third-order valence-corrected chi connectivity index (χ3v) is 22.5. The fourth-order valence-electron chi connectivity index (χ4n) is 15.4. The Labute approximate surface area is 645 Å². The van der Waals surface area contributed by atoms with Crippen LogP contribution in [0.1, 0.15) is 393 Å². The average molecular weight is 1510 g/mol. The van der Waals surface area contributed by atoms with E-state index in [1.807, 2.05) is 6.08 Å². The largest absolute Gasteiger partial charge is 0.394 e. The fraction of sp³-hybridized carbons (Fsp3) is 0.943. The number of amides is 1. The molecule has 0 saturated carbocycles. The van der Waals surface area contributed by atoms with Gasteiger partial charge in [-0.05, 0) is 32.1 Å². The number of carbonyl (C=O) groups is 1. The summed E-state index contributed by atoms with van der Waals surface area (Å²) in [4.78, 5) is 13.5. The molecule has 0 aliphatic carbocycles. The van der Waals surface area contributed by atoms with Gasteiger partial charge in [0, 0.05) is 6.42 Å². The number of unbranched alkanes of at least 4 members (excludes halogenated alkanes) is 55. The van der Waals surface area contributed by atoms with E-state index >= 15 is 0 Å². The Morgan fingerprint density at radius 3 is 0.943 bits per heavy atom. The van der Waals surface area contributed by atoms with Gasteiger partial charge in [0.05, 0.1) is 38.6 Å². The lowest BCUT2D eigenvalue weighted by molar-refractivity contribution is -0.379. The molecule has 0 spiro atoms. The van der Waals surface area contributed by atoms with Gasteiger partial charge >= 0.3 is 0 Å². The van der Waals surface area contributed by atoms with Crippen molar-refractivity contribution in [3.05, 3.63) is 24.3 Å². The van der Waals surface area contributed by atoms with Crippen LogP contribution in [0.3, 0.4) is 0 Å². The Morgan fingerprint density at radius 1 is 0.330 bits per heavy atom. The highest BCUT2D eigenvalue weighted by molar-refractivity contribution is 5.76. The molecule has 0 aromatic carbocycles. The van der Waals surface area contributed by atoms with Gasteiger partial charge in [-0.25, -0.2) is 0 Å². The maximum atomic E-state index is 13.5. The van der Waals surface area contributed by atoms with Gasteiger partial charge in [-0.3, -0.25) is 4.79 Å². The first kappa shape index (κ1) is 98.5. The van der Waals surface area contributed by atoms with Crippen molar-refractivity contribution in [2.24, 2.45) is 0 Å². The summed E-state index contributed by atoms with van der Waals surface area (Å²) < 4.78 is 34.5. The molecular weight excluding hydrogens is 1350 g/mol. The molecule has 12 N–H and O–H groups in total. The summed E-state index contributed by atoms with van der Waals surface area (Å²) in [5.41, 5.74) is 0. The summed E-state index contributed by atoms with van der Waals surface area (Å²) in [6.45, 7) is 1.80. The number of allylic oxidation sites excluding steroid dienone is 3. The number of hydrogen-bond donors (Lipinski definition) is 12. The molecule has 106 heavy (non-hydrogen) atoms. The lowest BCUT2D eigenvalue weighted by Crippen LogP contribution is -2.66. The van der Waals surface area contributed by atoms with E-state index in [4.69, 9.17) is 28.4 Å². The van der Waals surface area contributed by atoms with Crippen LogP contribution in [0.5, 0.6) is 0 Å². The molecule has 626 valence electrons. The van der Waals surface area contributed by atoms with Crippen LogP contribution in [0.2, 0.25) is 0 Å². The summed E-state index contributed by atoms with van der Waals surface area (Å²) >= 11 is 0. The van der Waals surface area contributed by atoms with E-state index in [1.165, 1.54) is 321 Å². The molecule has 0 aromatic rings. The van der Waals surface area contributed by atoms with Gasteiger partial charge in [-0.1, -0.05) is 378 Å². The lowest BCUT2D eigenvalue weighted by Gasteiger charge is -2.48. The highest BCUT2D eigenvalue weighted by Gasteiger charge is 2.54. The molecule has 3 heterocycles. The molecule has 3 fully saturated rings. The van der Waals surface area contributed by atoms with Crippen molar-refractivity contribution in [2.45, 2.75) is 497 Å². The number of aliphatic hydroxyl groups is 11. The van der Waals surface area contributed by atoms with Crippen molar-refractivity contribution in [1.29, 1.82) is 0 Å². The van der Waals surface area contributed by atoms with E-state index in [0.717, 1.165) is 38.5 Å². The Kier molecular flexibility index (Phi) is 62.9. The van der Waals surface area contributed by atoms with Gasteiger partial charge in [0.1, 0.15) is 73.2 Å². The van der Waals surface area contributed by atoms with Gasteiger partial charge < -0.3 is 89.9 Å². The number of ether oxygens (including phenoxy) is 6. The molecule has 17 atom stereocenters. The summed E-state index contributed by atoms with van der Waals surface area (Å²) in [6.07, 6.45) is 57.7. The SMILES string of the molecule is CCCCCCCCCCCCCCCCCCCCCCCCCCCC/C=C/CC/C=C/C(O)C(COC1OC(CO)C(OC2OC(CO)C(OC3OC(CO)C(O)C(O)C3O)C(O)C2O)C(O)C1O)NC(=O)CCCCCCCCCCCCCCCCCCCCCCCCCCCCCCC. The van der Waals surface area contributed by atoms with Crippen molar-refractivity contribution < 1.29 is 89.4 Å². The van der Waals surface area contributed by atoms with Crippen molar-refractivity contribution >= 4 is 5.91 Å².